The molecule has 3 saturated carbocycles. The smallest absolute Gasteiger partial charge is 0.0809 e. The van der Waals surface area contributed by atoms with Gasteiger partial charge >= 0.3 is 0 Å². The van der Waals surface area contributed by atoms with E-state index in [1.807, 2.05) is 0 Å². The van der Waals surface area contributed by atoms with Crippen molar-refractivity contribution >= 4 is 0 Å². The van der Waals surface area contributed by atoms with Gasteiger partial charge < -0.3 is 14.9 Å². The van der Waals surface area contributed by atoms with Crippen LogP contribution in [0.15, 0.2) is 35.5 Å². The predicted molar refractivity (Wildman–Crippen MR) is 124 cm³/mol. The molecule has 3 fully saturated rings. The Morgan fingerprint density at radius 2 is 1.70 bits per heavy atom. The maximum absolute atomic E-state index is 10.1. The molecule has 0 heterocycles. The van der Waals surface area contributed by atoms with Gasteiger partial charge in [-0.3, -0.25) is 0 Å². The summed E-state index contributed by atoms with van der Waals surface area (Å²) in [6, 6.07) is 0. The Morgan fingerprint density at radius 3 is 2.33 bits per heavy atom. The molecule has 0 aromatic rings. The Bertz CT molecular complexity index is 645. The molecular formula is C27H44O3. The minimum absolute atomic E-state index is 0.330. The average molecular weight is 417 g/mol. The van der Waals surface area contributed by atoms with Crippen LogP contribution in [0.25, 0.3) is 0 Å². The summed E-state index contributed by atoms with van der Waals surface area (Å²) in [4.78, 5) is 0. The van der Waals surface area contributed by atoms with Gasteiger partial charge in [-0.05, 0) is 86.5 Å². The summed E-state index contributed by atoms with van der Waals surface area (Å²) in [7, 11) is 0. The van der Waals surface area contributed by atoms with Crippen LogP contribution in [0.4, 0.5) is 0 Å². The minimum atomic E-state index is -0.611. The van der Waals surface area contributed by atoms with Crippen LogP contribution in [0.5, 0.6) is 0 Å². The first-order valence-electron chi connectivity index (χ1n) is 12.2. The molecule has 0 amide bonds. The Balaban J connectivity index is 1.67. The van der Waals surface area contributed by atoms with Crippen molar-refractivity contribution in [3.05, 3.63) is 35.5 Å². The van der Waals surface area contributed by atoms with Gasteiger partial charge in [-0.25, -0.2) is 0 Å². The van der Waals surface area contributed by atoms with E-state index in [2.05, 4.69) is 53.3 Å². The van der Waals surface area contributed by atoms with Gasteiger partial charge in [0.15, 0.2) is 0 Å². The average Bonchev–Trinajstić information content (AvgIpc) is 3.15. The van der Waals surface area contributed by atoms with E-state index >= 15 is 0 Å². The number of fused-ring (bicyclic) bond motifs is 1. The van der Waals surface area contributed by atoms with Gasteiger partial charge in [0.25, 0.3) is 0 Å². The van der Waals surface area contributed by atoms with Gasteiger partial charge in [-0.2, -0.15) is 0 Å². The second-order valence-electron chi connectivity index (χ2n) is 10.8. The maximum atomic E-state index is 10.1. The zero-order valence-corrected chi connectivity index (χ0v) is 19.8. The molecule has 0 aromatic carbocycles. The lowest BCUT2D eigenvalue weighted by molar-refractivity contribution is -0.0222. The van der Waals surface area contributed by atoms with E-state index in [9.17, 15) is 10.2 Å². The molecule has 1 unspecified atom stereocenters. The summed E-state index contributed by atoms with van der Waals surface area (Å²) in [6.07, 6.45) is 9.78. The van der Waals surface area contributed by atoms with Crippen molar-refractivity contribution in [3.8, 4) is 0 Å². The molecule has 3 aliphatic rings. The van der Waals surface area contributed by atoms with Gasteiger partial charge in [0.05, 0.1) is 18.3 Å². The van der Waals surface area contributed by atoms with Gasteiger partial charge in [0, 0.05) is 6.61 Å². The van der Waals surface area contributed by atoms with Gasteiger partial charge in [-0.1, -0.05) is 57.6 Å². The van der Waals surface area contributed by atoms with Crippen LogP contribution in [0.3, 0.4) is 0 Å². The van der Waals surface area contributed by atoms with E-state index in [1.54, 1.807) is 5.57 Å². The monoisotopic (exact) mass is 416 g/mol. The maximum Gasteiger partial charge on any atom is 0.0809 e. The standard InChI is InChI=1S/C27H44O3/c1-16(2)18(4)15-30-20(6)23-11-12-24-22(9-7-17(3)27(23)24)10-8-21-13-25(28)19(5)26(29)14-21/h8,10,16-18,20,23-29H,5,7,9,11-15H2,1-4,6H3/b21-8?,22-10+/t17-,18+,20+,23+,24?,25-,26+,27+/m0/s1. The largest absolute Gasteiger partial charge is 0.388 e. The molecule has 3 rings (SSSR count). The molecule has 2 N–H and O–H groups in total. The highest BCUT2D eigenvalue weighted by Gasteiger charge is 2.45. The highest BCUT2D eigenvalue weighted by Crippen LogP contribution is 2.52. The lowest BCUT2D eigenvalue weighted by Gasteiger charge is -2.39. The van der Waals surface area contributed by atoms with Crippen molar-refractivity contribution in [3.63, 3.8) is 0 Å². The molecule has 30 heavy (non-hydrogen) atoms. The second kappa shape index (κ2) is 10.1. The van der Waals surface area contributed by atoms with Crippen molar-refractivity contribution in [2.24, 2.45) is 35.5 Å². The summed E-state index contributed by atoms with van der Waals surface area (Å²) in [5, 5.41) is 20.2. The number of aliphatic hydroxyl groups excluding tert-OH is 2. The molecule has 3 nitrogen and oxygen atoms in total. The number of ether oxygens (including phenoxy) is 1. The molecule has 0 aliphatic heterocycles. The topological polar surface area (TPSA) is 49.7 Å². The molecule has 3 heteroatoms. The van der Waals surface area contributed by atoms with Crippen molar-refractivity contribution in [1.82, 2.24) is 0 Å². The summed E-state index contributed by atoms with van der Waals surface area (Å²) in [5.74, 6) is 4.06. The minimum Gasteiger partial charge on any atom is -0.388 e. The van der Waals surface area contributed by atoms with E-state index in [1.165, 1.54) is 25.7 Å². The zero-order valence-electron chi connectivity index (χ0n) is 19.8. The molecular weight excluding hydrogens is 372 g/mol. The highest BCUT2D eigenvalue weighted by atomic mass is 16.5. The first-order valence-corrected chi connectivity index (χ1v) is 12.2. The summed E-state index contributed by atoms with van der Waals surface area (Å²) < 4.78 is 6.38. The number of hydrogen-bond donors (Lipinski definition) is 2. The summed E-state index contributed by atoms with van der Waals surface area (Å²) in [6.45, 7) is 16.3. The third kappa shape index (κ3) is 5.29. The molecule has 0 spiro atoms. The fourth-order valence-corrected chi connectivity index (χ4v) is 5.88. The van der Waals surface area contributed by atoms with Crippen LogP contribution in [0.1, 0.15) is 73.1 Å². The van der Waals surface area contributed by atoms with Gasteiger partial charge in [0.1, 0.15) is 0 Å². The molecule has 3 aliphatic carbocycles. The molecule has 8 atom stereocenters. The third-order valence-electron chi connectivity index (χ3n) is 8.45. The van der Waals surface area contributed by atoms with Gasteiger partial charge in [0.2, 0.25) is 0 Å². The van der Waals surface area contributed by atoms with Crippen molar-refractivity contribution < 1.29 is 14.9 Å². The Labute approximate surface area is 184 Å². The first-order chi connectivity index (χ1) is 14.2. The van der Waals surface area contributed by atoms with Crippen LogP contribution in [0.2, 0.25) is 0 Å². The van der Waals surface area contributed by atoms with Crippen LogP contribution in [0, 0.1) is 35.5 Å². The van der Waals surface area contributed by atoms with Crippen molar-refractivity contribution in [1.29, 1.82) is 0 Å². The molecule has 0 radical (unpaired) electrons. The van der Waals surface area contributed by atoms with Gasteiger partial charge in [-0.15, -0.1) is 0 Å². The normalized spacial score (nSPS) is 39.5. The third-order valence-corrected chi connectivity index (χ3v) is 8.45. The Morgan fingerprint density at radius 1 is 1.03 bits per heavy atom. The molecule has 0 aromatic heterocycles. The summed E-state index contributed by atoms with van der Waals surface area (Å²) in [5.41, 5.74) is 3.27. The molecule has 0 saturated heterocycles. The van der Waals surface area contributed by atoms with Crippen molar-refractivity contribution in [2.75, 3.05) is 6.61 Å². The summed E-state index contributed by atoms with van der Waals surface area (Å²) >= 11 is 0. The number of rotatable bonds is 6. The van der Waals surface area contributed by atoms with E-state index in [4.69, 9.17) is 4.74 Å². The van der Waals surface area contributed by atoms with E-state index in [0.717, 1.165) is 24.0 Å². The Kier molecular flexibility index (Phi) is 8.03. The predicted octanol–water partition coefficient (Wildman–Crippen LogP) is 5.68. The number of aliphatic hydroxyl groups is 2. The lowest BCUT2D eigenvalue weighted by atomic mass is 9.68. The lowest BCUT2D eigenvalue weighted by Crippen LogP contribution is -2.35. The van der Waals surface area contributed by atoms with E-state index < -0.39 is 12.2 Å². The number of allylic oxidation sites excluding steroid dienone is 3. The molecule has 0 bridgehead atoms. The van der Waals surface area contributed by atoms with Crippen LogP contribution < -0.4 is 0 Å². The quantitative estimate of drug-likeness (QED) is 0.548. The first kappa shape index (κ1) is 23.8. The zero-order chi connectivity index (χ0) is 22.0. The Hall–Kier alpha value is -0.900. The van der Waals surface area contributed by atoms with E-state index in [0.29, 0.717) is 48.2 Å². The van der Waals surface area contributed by atoms with Crippen LogP contribution in [-0.2, 0) is 4.74 Å². The van der Waals surface area contributed by atoms with Crippen molar-refractivity contribution in [2.45, 2.75) is 91.5 Å². The van der Waals surface area contributed by atoms with Crippen LogP contribution in [-0.4, -0.2) is 35.1 Å². The number of hydrogen-bond acceptors (Lipinski definition) is 3. The fraction of sp³-hybridized carbons (Fsp3) is 0.778. The fourth-order valence-electron chi connectivity index (χ4n) is 5.88. The molecule has 170 valence electrons. The highest BCUT2D eigenvalue weighted by molar-refractivity contribution is 5.29. The van der Waals surface area contributed by atoms with E-state index in [-0.39, 0.29) is 0 Å². The SMILES string of the molecule is C=C1[C@H](O)CC(=C/C=C2\CC[C@H](C)[C@H]3C2CC[C@@H]3[C@@H](C)OC[C@@H](C)C(C)C)C[C@@H]1O. The second-order valence-corrected chi connectivity index (χ2v) is 10.8. The van der Waals surface area contributed by atoms with Crippen LogP contribution >= 0.6 is 0 Å².